The van der Waals surface area contributed by atoms with Crippen LogP contribution >= 0.6 is 0 Å². The van der Waals surface area contributed by atoms with E-state index in [-0.39, 0.29) is 16.8 Å². The van der Waals surface area contributed by atoms with Crippen LogP contribution in [0.1, 0.15) is 5.56 Å². The fraction of sp³-hybridized carbons (Fsp3) is 0.0625. The first-order valence-electron chi connectivity index (χ1n) is 6.75. The van der Waals surface area contributed by atoms with Crippen LogP contribution in [0.25, 0.3) is 16.5 Å². The number of hydrogen-bond acceptors (Lipinski definition) is 3. The first-order chi connectivity index (χ1) is 11.3. The zero-order chi connectivity index (χ0) is 17.5. The number of nitro benzene ring substituents is 1. The van der Waals surface area contributed by atoms with Gasteiger partial charge < -0.3 is 0 Å². The molecule has 1 aromatic heterocycles. The summed E-state index contributed by atoms with van der Waals surface area (Å²) in [5.74, 6) is 0. The minimum absolute atomic E-state index is 0.0308. The van der Waals surface area contributed by atoms with Crippen molar-refractivity contribution >= 4 is 16.5 Å². The van der Waals surface area contributed by atoms with Gasteiger partial charge in [0.05, 0.1) is 15.9 Å². The maximum Gasteiger partial charge on any atom is 0.416 e. The number of benzene rings is 2. The van der Waals surface area contributed by atoms with Crippen molar-refractivity contribution in [1.29, 1.82) is 0 Å². The number of alkyl halides is 3. The number of rotatable bonds is 2. The van der Waals surface area contributed by atoms with Crippen molar-refractivity contribution in [2.24, 2.45) is 0 Å². The third-order valence-electron chi connectivity index (χ3n) is 3.55. The minimum Gasteiger partial charge on any atom is -0.284 e. The molecule has 0 bridgehead atoms. The molecule has 0 saturated heterocycles. The molecule has 0 atom stereocenters. The van der Waals surface area contributed by atoms with Crippen LogP contribution in [0.5, 0.6) is 0 Å². The van der Waals surface area contributed by atoms with Crippen LogP contribution in [-0.4, -0.2) is 9.49 Å². The molecule has 1 heterocycles. The Kier molecular flexibility index (Phi) is 3.59. The predicted molar refractivity (Wildman–Crippen MR) is 81.2 cm³/mol. The van der Waals surface area contributed by atoms with Crippen LogP contribution in [-0.2, 0) is 6.18 Å². The van der Waals surface area contributed by atoms with Crippen LogP contribution in [0.4, 0.5) is 18.9 Å². The number of nitrogens with zero attached hydrogens (tertiary/aromatic N) is 2. The lowest BCUT2D eigenvalue weighted by Crippen LogP contribution is -2.18. The van der Waals surface area contributed by atoms with E-state index in [1.165, 1.54) is 36.5 Å². The average Bonchev–Trinajstić information content (AvgIpc) is 2.54. The van der Waals surface area contributed by atoms with E-state index >= 15 is 0 Å². The molecule has 8 heteroatoms. The van der Waals surface area contributed by atoms with E-state index in [0.29, 0.717) is 5.39 Å². The van der Waals surface area contributed by atoms with Gasteiger partial charge in [0.1, 0.15) is 0 Å². The lowest BCUT2D eigenvalue weighted by atomic mass is 10.1. The molecule has 2 aromatic carbocycles. The number of nitro groups is 1. The van der Waals surface area contributed by atoms with Crippen molar-refractivity contribution in [3.8, 4) is 5.69 Å². The summed E-state index contributed by atoms with van der Waals surface area (Å²) in [6.45, 7) is 0. The van der Waals surface area contributed by atoms with Crippen molar-refractivity contribution < 1.29 is 18.1 Å². The Bertz CT molecular complexity index is 1010. The van der Waals surface area contributed by atoms with Gasteiger partial charge in [-0.15, -0.1) is 0 Å². The van der Waals surface area contributed by atoms with Crippen LogP contribution in [0.3, 0.4) is 0 Å². The molecule has 122 valence electrons. The summed E-state index contributed by atoms with van der Waals surface area (Å²) in [4.78, 5) is 22.7. The monoisotopic (exact) mass is 334 g/mol. The van der Waals surface area contributed by atoms with Gasteiger partial charge in [-0.1, -0.05) is 6.07 Å². The zero-order valence-electron chi connectivity index (χ0n) is 11.9. The molecule has 0 amide bonds. The van der Waals surface area contributed by atoms with Gasteiger partial charge in [-0.3, -0.25) is 19.5 Å². The van der Waals surface area contributed by atoms with Crippen molar-refractivity contribution in [3.63, 3.8) is 0 Å². The molecule has 0 unspecified atom stereocenters. The molecule has 0 saturated carbocycles. The van der Waals surface area contributed by atoms with Crippen LogP contribution < -0.4 is 5.56 Å². The number of fused-ring (bicyclic) bond motifs is 1. The fourth-order valence-electron chi connectivity index (χ4n) is 2.38. The number of hydrogen-bond donors (Lipinski definition) is 0. The third-order valence-corrected chi connectivity index (χ3v) is 3.55. The maximum absolute atomic E-state index is 12.8. The summed E-state index contributed by atoms with van der Waals surface area (Å²) in [6.07, 6.45) is -3.19. The Hall–Kier alpha value is -3.16. The molecule has 5 nitrogen and oxygen atoms in total. The molecule has 0 aliphatic carbocycles. The number of pyridine rings is 1. The first-order valence-corrected chi connectivity index (χ1v) is 6.75. The second kappa shape index (κ2) is 5.48. The van der Waals surface area contributed by atoms with Gasteiger partial charge in [-0.05, 0) is 35.7 Å². The molecular formula is C16H9F3N2O3. The van der Waals surface area contributed by atoms with Crippen molar-refractivity contribution in [2.75, 3.05) is 0 Å². The highest BCUT2D eigenvalue weighted by Crippen LogP contribution is 2.30. The van der Waals surface area contributed by atoms with Crippen molar-refractivity contribution in [2.45, 2.75) is 6.18 Å². The molecule has 0 radical (unpaired) electrons. The average molecular weight is 334 g/mol. The van der Waals surface area contributed by atoms with Crippen molar-refractivity contribution in [3.05, 3.63) is 80.8 Å². The Morgan fingerprint density at radius 2 is 1.79 bits per heavy atom. The largest absolute Gasteiger partial charge is 0.416 e. The molecular weight excluding hydrogens is 325 g/mol. The molecule has 24 heavy (non-hydrogen) atoms. The van der Waals surface area contributed by atoms with Gasteiger partial charge in [-0.2, -0.15) is 13.2 Å². The number of halogens is 3. The highest BCUT2D eigenvalue weighted by molar-refractivity contribution is 5.84. The van der Waals surface area contributed by atoms with Crippen LogP contribution in [0, 0.1) is 10.1 Å². The molecule has 0 aliphatic heterocycles. The Morgan fingerprint density at radius 1 is 1.04 bits per heavy atom. The first kappa shape index (κ1) is 15.7. The zero-order valence-corrected chi connectivity index (χ0v) is 11.9. The third kappa shape index (κ3) is 2.73. The number of aromatic nitrogens is 1. The molecule has 0 aliphatic rings. The molecule has 0 N–H and O–H groups in total. The summed E-state index contributed by atoms with van der Waals surface area (Å²) in [6, 6.07) is 9.62. The summed E-state index contributed by atoms with van der Waals surface area (Å²) >= 11 is 0. The topological polar surface area (TPSA) is 65.1 Å². The van der Waals surface area contributed by atoms with Crippen LogP contribution in [0.15, 0.2) is 59.5 Å². The standard InChI is InChI=1S/C16H9F3N2O3/c17-16(18,19)11-2-1-3-12(8-11)20-7-6-10-4-5-13(21(23)24)9-14(10)15(20)22/h1-9H. The summed E-state index contributed by atoms with van der Waals surface area (Å²) in [5.41, 5.74) is -1.74. The van der Waals surface area contributed by atoms with E-state index < -0.39 is 22.2 Å². The lowest BCUT2D eigenvalue weighted by molar-refractivity contribution is -0.384. The Morgan fingerprint density at radius 3 is 2.46 bits per heavy atom. The van der Waals surface area contributed by atoms with Gasteiger partial charge in [-0.25, -0.2) is 0 Å². The lowest BCUT2D eigenvalue weighted by Gasteiger charge is -2.11. The van der Waals surface area contributed by atoms with Crippen molar-refractivity contribution in [1.82, 2.24) is 4.57 Å². The van der Waals surface area contributed by atoms with Gasteiger partial charge in [0.2, 0.25) is 0 Å². The highest BCUT2D eigenvalue weighted by atomic mass is 19.4. The Balaban J connectivity index is 2.22. The van der Waals surface area contributed by atoms with E-state index in [2.05, 4.69) is 0 Å². The van der Waals surface area contributed by atoms with E-state index in [4.69, 9.17) is 0 Å². The number of non-ortho nitro benzene ring substituents is 1. The molecule has 0 fully saturated rings. The van der Waals surface area contributed by atoms with E-state index in [9.17, 15) is 28.1 Å². The van der Waals surface area contributed by atoms with Crippen LogP contribution in [0.2, 0.25) is 0 Å². The summed E-state index contributed by atoms with van der Waals surface area (Å²) < 4.78 is 39.5. The minimum atomic E-state index is -4.53. The summed E-state index contributed by atoms with van der Waals surface area (Å²) in [5, 5.41) is 11.4. The predicted octanol–water partition coefficient (Wildman–Crippen LogP) is 3.92. The quantitative estimate of drug-likeness (QED) is 0.527. The van der Waals surface area contributed by atoms with Gasteiger partial charge in [0, 0.05) is 24.0 Å². The second-order valence-electron chi connectivity index (χ2n) is 5.07. The normalized spacial score (nSPS) is 11.6. The van der Waals surface area contributed by atoms with Gasteiger partial charge in [0.15, 0.2) is 0 Å². The van der Waals surface area contributed by atoms with Gasteiger partial charge >= 0.3 is 6.18 Å². The smallest absolute Gasteiger partial charge is 0.284 e. The summed E-state index contributed by atoms with van der Waals surface area (Å²) in [7, 11) is 0. The maximum atomic E-state index is 12.8. The molecule has 0 spiro atoms. The Labute approximate surface area is 132 Å². The van der Waals surface area contributed by atoms with E-state index in [1.807, 2.05) is 0 Å². The second-order valence-corrected chi connectivity index (χ2v) is 5.07. The fourth-order valence-corrected chi connectivity index (χ4v) is 2.38. The molecule has 3 aromatic rings. The van der Waals surface area contributed by atoms with Gasteiger partial charge in [0.25, 0.3) is 11.2 Å². The van der Waals surface area contributed by atoms with E-state index in [0.717, 1.165) is 22.8 Å². The SMILES string of the molecule is O=c1c2cc([N+](=O)[O-])ccc2ccn1-c1cccc(C(F)(F)F)c1. The molecule has 3 rings (SSSR count). The van der Waals surface area contributed by atoms with E-state index in [1.54, 1.807) is 0 Å². The highest BCUT2D eigenvalue weighted by Gasteiger charge is 2.30.